The Morgan fingerprint density at radius 2 is 1.74 bits per heavy atom. The molecule has 0 fully saturated rings. The largest absolute Gasteiger partial charge is 0.380 e. The van der Waals surface area contributed by atoms with Gasteiger partial charge in [-0.3, -0.25) is 0 Å². The van der Waals surface area contributed by atoms with E-state index < -0.39 is 11.6 Å². The zero-order valence-electron chi connectivity index (χ0n) is 11.1. The van der Waals surface area contributed by atoms with E-state index in [-0.39, 0.29) is 11.6 Å². The van der Waals surface area contributed by atoms with Crippen LogP contribution in [0.1, 0.15) is 24.0 Å². The van der Waals surface area contributed by atoms with Gasteiger partial charge in [0, 0.05) is 6.54 Å². The number of benzene rings is 2. The van der Waals surface area contributed by atoms with Gasteiger partial charge in [-0.05, 0) is 30.0 Å². The summed E-state index contributed by atoms with van der Waals surface area (Å²) in [4.78, 5) is 0. The van der Waals surface area contributed by atoms with Crippen molar-refractivity contribution in [2.24, 2.45) is 0 Å². The predicted octanol–water partition coefficient (Wildman–Crippen LogP) is 4.49. The lowest BCUT2D eigenvalue weighted by Crippen LogP contribution is -2.12. The van der Waals surface area contributed by atoms with Crippen LogP contribution in [0.4, 0.5) is 14.5 Å². The van der Waals surface area contributed by atoms with Crippen LogP contribution in [0.3, 0.4) is 0 Å². The molecule has 1 N–H and O–H groups in total. The van der Waals surface area contributed by atoms with Gasteiger partial charge in [0.1, 0.15) is 11.5 Å². The molecule has 2 aromatic carbocycles. The van der Waals surface area contributed by atoms with Crippen LogP contribution in [0.2, 0.25) is 0 Å². The van der Waals surface area contributed by atoms with Gasteiger partial charge in [-0.2, -0.15) is 0 Å². The molecule has 0 aromatic heterocycles. The first kappa shape index (κ1) is 13.5. The number of hydrogen-bond acceptors (Lipinski definition) is 1. The highest BCUT2D eigenvalue weighted by molar-refractivity contribution is 5.49. The van der Waals surface area contributed by atoms with E-state index >= 15 is 0 Å². The van der Waals surface area contributed by atoms with Crippen molar-refractivity contribution in [3.63, 3.8) is 0 Å². The molecule has 0 amide bonds. The molecule has 2 rings (SSSR count). The maximum absolute atomic E-state index is 13.8. The van der Waals surface area contributed by atoms with Crippen LogP contribution >= 0.6 is 0 Å². The summed E-state index contributed by atoms with van der Waals surface area (Å²) in [6.45, 7) is 4.13. The fourth-order valence-corrected chi connectivity index (χ4v) is 1.97. The van der Waals surface area contributed by atoms with E-state index in [1.54, 1.807) is 6.92 Å². The minimum Gasteiger partial charge on any atom is -0.380 e. The van der Waals surface area contributed by atoms with E-state index in [0.29, 0.717) is 12.1 Å². The molecule has 2 aromatic rings. The number of aryl methyl sites for hydroxylation is 1. The van der Waals surface area contributed by atoms with E-state index in [1.807, 2.05) is 37.3 Å². The lowest BCUT2D eigenvalue weighted by molar-refractivity contribution is 0.580. The standard InChI is InChI=1S/C16H17F2N/c1-11-8-9-14(17)16(15(11)18)19-10-12(2)13-6-4-3-5-7-13/h3-9,12,19H,10H2,1-2H3. The van der Waals surface area contributed by atoms with Crippen LogP contribution in [0, 0.1) is 18.6 Å². The first-order valence-electron chi connectivity index (χ1n) is 6.33. The van der Waals surface area contributed by atoms with Gasteiger partial charge in [-0.15, -0.1) is 0 Å². The molecule has 1 nitrogen and oxygen atoms in total. The molecule has 0 heterocycles. The van der Waals surface area contributed by atoms with Crippen molar-refractivity contribution < 1.29 is 8.78 Å². The van der Waals surface area contributed by atoms with Gasteiger partial charge >= 0.3 is 0 Å². The quantitative estimate of drug-likeness (QED) is 0.855. The van der Waals surface area contributed by atoms with Crippen molar-refractivity contribution in [1.82, 2.24) is 0 Å². The lowest BCUT2D eigenvalue weighted by atomic mass is 10.0. The van der Waals surface area contributed by atoms with Crippen molar-refractivity contribution in [1.29, 1.82) is 0 Å². The highest BCUT2D eigenvalue weighted by Crippen LogP contribution is 2.23. The minimum atomic E-state index is -0.552. The molecule has 1 atom stereocenters. The molecule has 0 radical (unpaired) electrons. The molecule has 0 saturated heterocycles. The van der Waals surface area contributed by atoms with Gasteiger partial charge in [0.2, 0.25) is 0 Å². The summed E-state index contributed by atoms with van der Waals surface area (Å²) in [5, 5.41) is 2.87. The van der Waals surface area contributed by atoms with Crippen LogP contribution < -0.4 is 5.32 Å². The van der Waals surface area contributed by atoms with Gasteiger partial charge < -0.3 is 5.32 Å². The molecule has 1 unspecified atom stereocenters. The molecular formula is C16H17F2N. The third-order valence-electron chi connectivity index (χ3n) is 3.24. The van der Waals surface area contributed by atoms with E-state index in [0.717, 1.165) is 5.56 Å². The van der Waals surface area contributed by atoms with E-state index in [4.69, 9.17) is 0 Å². The third-order valence-corrected chi connectivity index (χ3v) is 3.24. The van der Waals surface area contributed by atoms with E-state index in [2.05, 4.69) is 5.32 Å². The topological polar surface area (TPSA) is 12.0 Å². The molecular weight excluding hydrogens is 244 g/mol. The highest BCUT2D eigenvalue weighted by Gasteiger charge is 2.12. The molecule has 0 aliphatic rings. The second kappa shape index (κ2) is 5.83. The molecule has 0 aliphatic carbocycles. The summed E-state index contributed by atoms with van der Waals surface area (Å²) >= 11 is 0. The average Bonchev–Trinajstić information content (AvgIpc) is 2.44. The summed E-state index contributed by atoms with van der Waals surface area (Å²) in [7, 11) is 0. The van der Waals surface area contributed by atoms with Crippen LogP contribution in [0.15, 0.2) is 42.5 Å². The van der Waals surface area contributed by atoms with Crippen molar-refractivity contribution in [2.75, 3.05) is 11.9 Å². The van der Waals surface area contributed by atoms with Gasteiger partial charge in [-0.1, -0.05) is 43.3 Å². The molecule has 0 saturated carbocycles. The second-order valence-electron chi connectivity index (χ2n) is 4.75. The fourth-order valence-electron chi connectivity index (χ4n) is 1.97. The average molecular weight is 261 g/mol. The SMILES string of the molecule is Cc1ccc(F)c(NCC(C)c2ccccc2)c1F. The Hall–Kier alpha value is -1.90. The first-order chi connectivity index (χ1) is 9.09. The lowest BCUT2D eigenvalue weighted by Gasteiger charge is -2.15. The van der Waals surface area contributed by atoms with Crippen molar-refractivity contribution in [2.45, 2.75) is 19.8 Å². The molecule has 0 spiro atoms. The molecule has 100 valence electrons. The smallest absolute Gasteiger partial charge is 0.152 e. The maximum atomic E-state index is 13.8. The Morgan fingerprint density at radius 1 is 1.05 bits per heavy atom. The third kappa shape index (κ3) is 3.11. The number of rotatable bonds is 4. The van der Waals surface area contributed by atoms with Crippen LogP contribution in [-0.2, 0) is 0 Å². The Kier molecular flexibility index (Phi) is 4.15. The monoisotopic (exact) mass is 261 g/mol. The summed E-state index contributed by atoms with van der Waals surface area (Å²) < 4.78 is 27.4. The van der Waals surface area contributed by atoms with E-state index in [1.165, 1.54) is 12.1 Å². The van der Waals surface area contributed by atoms with E-state index in [9.17, 15) is 8.78 Å². The molecule has 0 aliphatic heterocycles. The van der Waals surface area contributed by atoms with Crippen molar-refractivity contribution in [3.05, 3.63) is 65.2 Å². The highest BCUT2D eigenvalue weighted by atomic mass is 19.1. The van der Waals surface area contributed by atoms with Crippen molar-refractivity contribution >= 4 is 5.69 Å². The summed E-state index contributed by atoms with van der Waals surface area (Å²) in [6, 6.07) is 12.6. The van der Waals surface area contributed by atoms with Gasteiger partial charge in [-0.25, -0.2) is 8.78 Å². The summed E-state index contributed by atoms with van der Waals surface area (Å²) in [5.41, 5.74) is 1.54. The minimum absolute atomic E-state index is 0.0391. The summed E-state index contributed by atoms with van der Waals surface area (Å²) in [5.74, 6) is -0.885. The second-order valence-corrected chi connectivity index (χ2v) is 4.75. The molecule has 0 bridgehead atoms. The van der Waals surface area contributed by atoms with Crippen molar-refractivity contribution in [3.8, 4) is 0 Å². The Morgan fingerprint density at radius 3 is 2.42 bits per heavy atom. The fraction of sp³-hybridized carbons (Fsp3) is 0.250. The molecule has 3 heteroatoms. The van der Waals surface area contributed by atoms with Crippen LogP contribution in [0.25, 0.3) is 0 Å². The number of anilines is 1. The number of halogens is 2. The zero-order valence-corrected chi connectivity index (χ0v) is 11.1. The molecule has 19 heavy (non-hydrogen) atoms. The summed E-state index contributed by atoms with van der Waals surface area (Å²) in [6.07, 6.45) is 0. The van der Waals surface area contributed by atoms with Crippen LogP contribution in [-0.4, -0.2) is 6.54 Å². The zero-order chi connectivity index (χ0) is 13.8. The van der Waals surface area contributed by atoms with Crippen LogP contribution in [0.5, 0.6) is 0 Å². The van der Waals surface area contributed by atoms with Gasteiger partial charge in [0.05, 0.1) is 0 Å². The Bertz CT molecular complexity index is 552. The number of hydrogen-bond donors (Lipinski definition) is 1. The first-order valence-corrected chi connectivity index (χ1v) is 6.33. The normalized spacial score (nSPS) is 12.2. The maximum Gasteiger partial charge on any atom is 0.152 e. The number of nitrogens with one attached hydrogen (secondary N) is 1. The Balaban J connectivity index is 2.09. The predicted molar refractivity (Wildman–Crippen MR) is 74.4 cm³/mol. The van der Waals surface area contributed by atoms with Gasteiger partial charge in [0.15, 0.2) is 5.82 Å². The Labute approximate surface area is 112 Å². The van der Waals surface area contributed by atoms with Gasteiger partial charge in [0.25, 0.3) is 0 Å².